The van der Waals surface area contributed by atoms with E-state index in [9.17, 15) is 0 Å². The third kappa shape index (κ3) is 3.27. The maximum absolute atomic E-state index is 6.26. The van der Waals surface area contributed by atoms with Crippen molar-refractivity contribution in [3.8, 4) is 22.9 Å². The molecule has 0 aliphatic heterocycles. The molecule has 1 aromatic carbocycles. The number of pyridine rings is 1. The van der Waals surface area contributed by atoms with Gasteiger partial charge in [0, 0.05) is 36.0 Å². The van der Waals surface area contributed by atoms with Gasteiger partial charge in [-0.1, -0.05) is 35.9 Å². The molecule has 0 aliphatic rings. The third-order valence-corrected chi connectivity index (χ3v) is 4.19. The molecule has 0 N–H and O–H groups in total. The Bertz CT molecular complexity index is 980. The summed E-state index contributed by atoms with van der Waals surface area (Å²) in [6.07, 6.45) is 8.94. The number of hydrogen-bond donors (Lipinski definition) is 0. The Labute approximate surface area is 150 Å². The van der Waals surface area contributed by atoms with Crippen LogP contribution < -0.4 is 0 Å². The van der Waals surface area contributed by atoms with Crippen molar-refractivity contribution in [1.82, 2.24) is 24.5 Å². The molecular formula is C19H14ClN5. The topological polar surface area (TPSA) is 56.5 Å². The molecule has 3 heterocycles. The molecule has 6 heteroatoms. The van der Waals surface area contributed by atoms with E-state index in [-0.39, 0.29) is 0 Å². The van der Waals surface area contributed by atoms with E-state index in [0.717, 1.165) is 27.7 Å². The van der Waals surface area contributed by atoms with Crippen LogP contribution in [0.5, 0.6) is 0 Å². The van der Waals surface area contributed by atoms with Crippen molar-refractivity contribution in [2.45, 2.75) is 6.54 Å². The molecule has 3 aromatic heterocycles. The quantitative estimate of drug-likeness (QED) is 0.557. The number of hydrogen-bond acceptors (Lipinski definition) is 4. The van der Waals surface area contributed by atoms with Crippen LogP contribution in [0, 0.1) is 0 Å². The summed E-state index contributed by atoms with van der Waals surface area (Å²) in [5.74, 6) is 1.39. The number of imidazole rings is 1. The van der Waals surface area contributed by atoms with E-state index in [1.54, 1.807) is 24.8 Å². The first kappa shape index (κ1) is 15.5. The van der Waals surface area contributed by atoms with Crippen molar-refractivity contribution in [1.29, 1.82) is 0 Å². The van der Waals surface area contributed by atoms with Crippen molar-refractivity contribution in [2.24, 2.45) is 0 Å². The number of rotatable bonds is 4. The summed E-state index contributed by atoms with van der Waals surface area (Å²) in [6.45, 7) is 0.636. The monoisotopic (exact) mass is 347 g/mol. The van der Waals surface area contributed by atoms with Gasteiger partial charge in [-0.15, -0.1) is 0 Å². The molecule has 0 radical (unpaired) electrons. The maximum atomic E-state index is 6.26. The molecule has 0 saturated carbocycles. The second-order valence-electron chi connectivity index (χ2n) is 5.48. The fraction of sp³-hybridized carbons (Fsp3) is 0.0526. The molecule has 0 aliphatic carbocycles. The van der Waals surface area contributed by atoms with Crippen molar-refractivity contribution >= 4 is 11.6 Å². The van der Waals surface area contributed by atoms with Gasteiger partial charge < -0.3 is 4.57 Å². The van der Waals surface area contributed by atoms with Crippen LogP contribution >= 0.6 is 11.6 Å². The summed E-state index contributed by atoms with van der Waals surface area (Å²) in [5.41, 5.74) is 2.62. The van der Waals surface area contributed by atoms with Gasteiger partial charge in [0.25, 0.3) is 0 Å². The minimum absolute atomic E-state index is 0.591. The summed E-state index contributed by atoms with van der Waals surface area (Å²) >= 11 is 6.26. The second-order valence-corrected chi connectivity index (χ2v) is 5.89. The van der Waals surface area contributed by atoms with Crippen molar-refractivity contribution < 1.29 is 0 Å². The summed E-state index contributed by atoms with van der Waals surface area (Å²) in [5, 5.41) is 0.740. The molecule has 0 amide bonds. The Hall–Kier alpha value is -3.05. The van der Waals surface area contributed by atoms with E-state index < -0.39 is 0 Å². The fourth-order valence-corrected chi connectivity index (χ4v) is 2.77. The van der Waals surface area contributed by atoms with Crippen LogP contribution in [-0.2, 0) is 6.54 Å². The van der Waals surface area contributed by atoms with Crippen LogP contribution in [-0.4, -0.2) is 24.5 Å². The van der Waals surface area contributed by atoms with E-state index in [0.29, 0.717) is 12.4 Å². The first-order valence-corrected chi connectivity index (χ1v) is 8.17. The van der Waals surface area contributed by atoms with E-state index in [2.05, 4.69) is 19.9 Å². The zero-order chi connectivity index (χ0) is 17.1. The van der Waals surface area contributed by atoms with Gasteiger partial charge in [-0.3, -0.25) is 4.98 Å². The van der Waals surface area contributed by atoms with Crippen LogP contribution in [0.25, 0.3) is 22.9 Å². The average molecular weight is 348 g/mol. The highest BCUT2D eigenvalue weighted by Gasteiger charge is 2.10. The minimum atomic E-state index is 0.591. The molecule has 25 heavy (non-hydrogen) atoms. The maximum Gasteiger partial charge on any atom is 0.178 e. The van der Waals surface area contributed by atoms with Gasteiger partial charge in [-0.05, 0) is 23.8 Å². The predicted octanol–water partition coefficient (Wildman–Crippen LogP) is 4.10. The molecule has 0 fully saturated rings. The Balaban J connectivity index is 1.63. The lowest BCUT2D eigenvalue weighted by atomic mass is 10.2. The Morgan fingerprint density at radius 1 is 0.840 bits per heavy atom. The zero-order valence-electron chi connectivity index (χ0n) is 13.2. The lowest BCUT2D eigenvalue weighted by Gasteiger charge is -2.09. The molecule has 122 valence electrons. The Kier molecular flexibility index (Phi) is 4.23. The van der Waals surface area contributed by atoms with Crippen molar-refractivity contribution in [3.05, 3.63) is 84.0 Å². The van der Waals surface area contributed by atoms with E-state index in [1.807, 2.05) is 53.2 Å². The smallest absolute Gasteiger partial charge is 0.178 e. The Morgan fingerprint density at radius 2 is 1.64 bits per heavy atom. The van der Waals surface area contributed by atoms with E-state index >= 15 is 0 Å². The molecule has 4 aromatic rings. The second kappa shape index (κ2) is 6.83. The van der Waals surface area contributed by atoms with Crippen molar-refractivity contribution in [3.63, 3.8) is 0 Å². The predicted molar refractivity (Wildman–Crippen MR) is 97.0 cm³/mol. The SMILES string of the molecule is Clc1ccccc1Cn1ccnc1-c1cnc(-c2ccccn2)nc1. The highest BCUT2D eigenvalue weighted by atomic mass is 35.5. The summed E-state index contributed by atoms with van der Waals surface area (Å²) in [4.78, 5) is 17.5. The van der Waals surface area contributed by atoms with Gasteiger partial charge >= 0.3 is 0 Å². The summed E-state index contributed by atoms with van der Waals surface area (Å²) in [6, 6.07) is 13.4. The molecule has 4 rings (SSSR count). The van der Waals surface area contributed by atoms with Gasteiger partial charge in [0.15, 0.2) is 5.82 Å². The lowest BCUT2D eigenvalue weighted by Crippen LogP contribution is -2.02. The summed E-state index contributed by atoms with van der Waals surface area (Å²) < 4.78 is 2.03. The molecule has 0 saturated heterocycles. The van der Waals surface area contributed by atoms with Gasteiger partial charge in [0.05, 0.1) is 12.1 Å². The number of halogens is 1. The van der Waals surface area contributed by atoms with E-state index in [1.165, 1.54) is 0 Å². The summed E-state index contributed by atoms with van der Waals surface area (Å²) in [7, 11) is 0. The number of aromatic nitrogens is 5. The van der Waals surface area contributed by atoms with Crippen LogP contribution in [0.3, 0.4) is 0 Å². The number of benzene rings is 1. The third-order valence-electron chi connectivity index (χ3n) is 3.82. The van der Waals surface area contributed by atoms with Gasteiger partial charge in [0.2, 0.25) is 0 Å². The minimum Gasteiger partial charge on any atom is -0.326 e. The highest BCUT2D eigenvalue weighted by Crippen LogP contribution is 2.21. The molecule has 0 spiro atoms. The van der Waals surface area contributed by atoms with Crippen LogP contribution in [0.2, 0.25) is 5.02 Å². The van der Waals surface area contributed by atoms with E-state index in [4.69, 9.17) is 11.6 Å². The lowest BCUT2D eigenvalue weighted by molar-refractivity contribution is 0.806. The molecule has 5 nitrogen and oxygen atoms in total. The van der Waals surface area contributed by atoms with Crippen molar-refractivity contribution in [2.75, 3.05) is 0 Å². The molecule has 0 bridgehead atoms. The average Bonchev–Trinajstić information content (AvgIpc) is 3.13. The van der Waals surface area contributed by atoms with Crippen LogP contribution in [0.1, 0.15) is 5.56 Å². The van der Waals surface area contributed by atoms with Gasteiger partial charge in [-0.2, -0.15) is 0 Å². The Morgan fingerprint density at radius 3 is 2.40 bits per heavy atom. The fourth-order valence-electron chi connectivity index (χ4n) is 2.58. The first-order chi connectivity index (χ1) is 12.3. The first-order valence-electron chi connectivity index (χ1n) is 7.79. The largest absolute Gasteiger partial charge is 0.326 e. The van der Waals surface area contributed by atoms with Gasteiger partial charge in [-0.25, -0.2) is 15.0 Å². The zero-order valence-corrected chi connectivity index (χ0v) is 14.0. The highest BCUT2D eigenvalue weighted by molar-refractivity contribution is 6.31. The molecule has 0 atom stereocenters. The van der Waals surface area contributed by atoms with Crippen LogP contribution in [0.15, 0.2) is 73.4 Å². The standard InChI is InChI=1S/C19H14ClN5/c20-16-6-2-1-5-14(16)13-25-10-9-22-19(25)15-11-23-18(24-12-15)17-7-3-4-8-21-17/h1-12H,13H2. The number of nitrogens with zero attached hydrogens (tertiary/aromatic N) is 5. The van der Waals surface area contributed by atoms with Crippen LogP contribution in [0.4, 0.5) is 0 Å². The normalized spacial score (nSPS) is 10.8. The molecular weight excluding hydrogens is 334 g/mol. The molecule has 0 unspecified atom stereocenters. The van der Waals surface area contributed by atoms with Gasteiger partial charge in [0.1, 0.15) is 11.5 Å².